The summed E-state index contributed by atoms with van der Waals surface area (Å²) in [5.41, 5.74) is 5.31. The van der Waals surface area contributed by atoms with Gasteiger partial charge in [0.15, 0.2) is 5.78 Å². The molecule has 0 aliphatic carbocycles. The molecule has 2 rings (SSSR count). The van der Waals surface area contributed by atoms with E-state index in [4.69, 9.17) is 0 Å². The number of Topliss-reactive ketones (excluding diaryl/α,β-unsaturated/α-hetero) is 1. The van der Waals surface area contributed by atoms with Crippen LogP contribution in [0, 0.1) is 20.8 Å². The molecule has 0 aliphatic rings. The number of rotatable bonds is 5. The number of anilines is 1. The third-order valence-electron chi connectivity index (χ3n) is 3.79. The van der Waals surface area contributed by atoms with Crippen LogP contribution < -0.4 is 4.90 Å². The number of aryl methyl sites for hydroxylation is 3. The van der Waals surface area contributed by atoms with Crippen molar-refractivity contribution in [2.24, 2.45) is 0 Å². The van der Waals surface area contributed by atoms with Crippen molar-refractivity contribution >= 4 is 11.5 Å². The lowest BCUT2D eigenvalue weighted by molar-refractivity contribution is 0.0998. The van der Waals surface area contributed by atoms with E-state index in [-0.39, 0.29) is 5.78 Å². The van der Waals surface area contributed by atoms with Gasteiger partial charge in [0.2, 0.25) is 0 Å². The first-order valence-corrected chi connectivity index (χ1v) is 7.44. The highest BCUT2D eigenvalue weighted by Gasteiger charge is 2.16. The Labute approximate surface area is 127 Å². The van der Waals surface area contributed by atoms with Gasteiger partial charge in [0.05, 0.1) is 6.54 Å². The van der Waals surface area contributed by atoms with Crippen LogP contribution in [0.3, 0.4) is 0 Å². The summed E-state index contributed by atoms with van der Waals surface area (Å²) in [5, 5.41) is 0. The highest BCUT2D eigenvalue weighted by atomic mass is 16.1. The van der Waals surface area contributed by atoms with Gasteiger partial charge in [-0.25, -0.2) is 0 Å². The predicted octanol–water partition coefficient (Wildman–Crippen LogP) is 4.32. The van der Waals surface area contributed by atoms with E-state index >= 15 is 0 Å². The zero-order valence-electron chi connectivity index (χ0n) is 13.3. The largest absolute Gasteiger partial charge is 0.364 e. The molecule has 0 heterocycles. The van der Waals surface area contributed by atoms with Crippen LogP contribution >= 0.6 is 0 Å². The van der Waals surface area contributed by atoms with Crippen LogP contribution in [-0.2, 0) is 0 Å². The average molecular weight is 281 g/mol. The van der Waals surface area contributed by atoms with Crippen LogP contribution in [0.5, 0.6) is 0 Å². The van der Waals surface area contributed by atoms with Gasteiger partial charge in [-0.05, 0) is 51.0 Å². The Hall–Kier alpha value is -2.09. The van der Waals surface area contributed by atoms with Crippen molar-refractivity contribution in [1.82, 2.24) is 0 Å². The van der Waals surface area contributed by atoms with E-state index in [0.29, 0.717) is 6.54 Å². The number of hydrogen-bond donors (Lipinski definition) is 0. The molecule has 0 amide bonds. The van der Waals surface area contributed by atoms with Gasteiger partial charge in [-0.15, -0.1) is 0 Å². The highest BCUT2D eigenvalue weighted by Crippen LogP contribution is 2.19. The predicted molar refractivity (Wildman–Crippen MR) is 89.3 cm³/mol. The summed E-state index contributed by atoms with van der Waals surface area (Å²) in [5.74, 6) is 0.190. The minimum Gasteiger partial charge on any atom is -0.364 e. The Bertz CT molecular complexity index is 608. The summed E-state index contributed by atoms with van der Waals surface area (Å²) in [7, 11) is 0. The molecular formula is C19H23NO. The van der Waals surface area contributed by atoms with Gasteiger partial charge in [-0.3, -0.25) is 4.79 Å². The fourth-order valence-electron chi connectivity index (χ4n) is 2.90. The maximum Gasteiger partial charge on any atom is 0.182 e. The van der Waals surface area contributed by atoms with Crippen LogP contribution in [0.1, 0.15) is 34.0 Å². The quantitative estimate of drug-likeness (QED) is 0.761. The van der Waals surface area contributed by atoms with Crippen molar-refractivity contribution in [3.63, 3.8) is 0 Å². The number of carbonyl (C=O) groups excluding carboxylic acids is 1. The molecule has 21 heavy (non-hydrogen) atoms. The molecule has 2 aromatic rings. The molecular weight excluding hydrogens is 258 g/mol. The van der Waals surface area contributed by atoms with Crippen molar-refractivity contribution in [1.29, 1.82) is 0 Å². The van der Waals surface area contributed by atoms with Crippen molar-refractivity contribution in [2.45, 2.75) is 27.7 Å². The monoisotopic (exact) mass is 281 g/mol. The lowest BCUT2D eigenvalue weighted by atomic mass is 9.96. The number of ketones is 1. The minimum atomic E-state index is 0.190. The molecule has 0 atom stereocenters. The van der Waals surface area contributed by atoms with Gasteiger partial charge in [0, 0.05) is 17.8 Å². The Kier molecular flexibility index (Phi) is 4.79. The average Bonchev–Trinajstić information content (AvgIpc) is 2.44. The summed E-state index contributed by atoms with van der Waals surface area (Å²) in [6, 6.07) is 14.3. The molecule has 110 valence electrons. The molecule has 0 radical (unpaired) electrons. The Balaban J connectivity index is 2.25. The van der Waals surface area contributed by atoms with E-state index in [2.05, 4.69) is 30.9 Å². The topological polar surface area (TPSA) is 20.3 Å². The smallest absolute Gasteiger partial charge is 0.182 e. The van der Waals surface area contributed by atoms with Crippen molar-refractivity contribution in [2.75, 3.05) is 18.0 Å². The number of para-hydroxylation sites is 1. The van der Waals surface area contributed by atoms with Crippen LogP contribution in [0.15, 0.2) is 42.5 Å². The highest BCUT2D eigenvalue weighted by molar-refractivity contribution is 6.01. The van der Waals surface area contributed by atoms with E-state index in [1.54, 1.807) is 0 Å². The summed E-state index contributed by atoms with van der Waals surface area (Å²) < 4.78 is 0. The third kappa shape index (κ3) is 3.52. The standard InChI is InChI=1S/C19H23NO/c1-5-20(17-9-7-6-8-10-17)13-18(21)19-15(3)11-14(2)12-16(19)4/h6-12H,5,13H2,1-4H3. The summed E-state index contributed by atoms with van der Waals surface area (Å²) in [4.78, 5) is 14.8. The van der Waals surface area contributed by atoms with Crippen molar-refractivity contribution in [3.05, 3.63) is 64.7 Å². The molecule has 0 N–H and O–H groups in total. The van der Waals surface area contributed by atoms with Crippen LogP contribution in [0.4, 0.5) is 5.69 Å². The minimum absolute atomic E-state index is 0.190. The van der Waals surface area contributed by atoms with E-state index < -0.39 is 0 Å². The zero-order chi connectivity index (χ0) is 15.4. The van der Waals surface area contributed by atoms with Crippen LogP contribution in [-0.4, -0.2) is 18.9 Å². The molecule has 0 aliphatic heterocycles. The SMILES string of the molecule is CCN(CC(=O)c1c(C)cc(C)cc1C)c1ccccc1. The zero-order valence-corrected chi connectivity index (χ0v) is 13.3. The van der Waals surface area contributed by atoms with Crippen LogP contribution in [0.25, 0.3) is 0 Å². The number of likely N-dealkylation sites (N-methyl/N-ethyl adjacent to an activating group) is 1. The Morgan fingerprint density at radius 1 is 1.00 bits per heavy atom. The van der Waals surface area contributed by atoms with Gasteiger partial charge < -0.3 is 4.90 Å². The number of carbonyl (C=O) groups is 1. The molecule has 0 unspecified atom stereocenters. The maximum atomic E-state index is 12.7. The van der Waals surface area contributed by atoms with Crippen LogP contribution in [0.2, 0.25) is 0 Å². The van der Waals surface area contributed by atoms with E-state index in [9.17, 15) is 4.79 Å². The summed E-state index contributed by atoms with van der Waals surface area (Å²) >= 11 is 0. The van der Waals surface area contributed by atoms with Crippen molar-refractivity contribution in [3.8, 4) is 0 Å². The first-order valence-electron chi connectivity index (χ1n) is 7.44. The molecule has 0 bridgehead atoms. The Morgan fingerprint density at radius 2 is 1.57 bits per heavy atom. The first-order chi connectivity index (χ1) is 10.0. The fraction of sp³-hybridized carbons (Fsp3) is 0.316. The van der Waals surface area contributed by atoms with Gasteiger partial charge in [0.1, 0.15) is 0 Å². The molecule has 0 fully saturated rings. The molecule has 2 heteroatoms. The molecule has 0 aromatic heterocycles. The Morgan fingerprint density at radius 3 is 2.10 bits per heavy atom. The summed E-state index contributed by atoms with van der Waals surface area (Å²) in [6.07, 6.45) is 0. The number of hydrogen-bond acceptors (Lipinski definition) is 2. The van der Waals surface area contributed by atoms with Gasteiger partial charge in [-0.1, -0.05) is 35.9 Å². The lowest BCUT2D eigenvalue weighted by Crippen LogP contribution is -2.30. The second-order valence-corrected chi connectivity index (χ2v) is 5.55. The second kappa shape index (κ2) is 6.57. The summed E-state index contributed by atoms with van der Waals surface area (Å²) in [6.45, 7) is 9.43. The first kappa shape index (κ1) is 15.3. The normalized spacial score (nSPS) is 10.5. The van der Waals surface area contributed by atoms with Crippen molar-refractivity contribution < 1.29 is 4.79 Å². The van der Waals surface area contributed by atoms with E-state index in [1.807, 2.05) is 44.2 Å². The van der Waals surface area contributed by atoms with E-state index in [0.717, 1.165) is 28.9 Å². The van der Waals surface area contributed by atoms with Gasteiger partial charge >= 0.3 is 0 Å². The van der Waals surface area contributed by atoms with Gasteiger partial charge in [-0.2, -0.15) is 0 Å². The van der Waals surface area contributed by atoms with E-state index in [1.165, 1.54) is 5.56 Å². The molecule has 0 saturated carbocycles. The number of nitrogens with zero attached hydrogens (tertiary/aromatic N) is 1. The second-order valence-electron chi connectivity index (χ2n) is 5.55. The molecule has 0 spiro atoms. The fourth-order valence-corrected chi connectivity index (χ4v) is 2.90. The lowest BCUT2D eigenvalue weighted by Gasteiger charge is -2.23. The molecule has 0 saturated heterocycles. The molecule has 2 aromatic carbocycles. The third-order valence-corrected chi connectivity index (χ3v) is 3.79. The maximum absolute atomic E-state index is 12.7. The molecule has 2 nitrogen and oxygen atoms in total. The van der Waals surface area contributed by atoms with Gasteiger partial charge in [0.25, 0.3) is 0 Å². The number of benzene rings is 2.